The molecule has 4 aliphatic carbocycles. The molecule has 2 N–H and O–H groups in total. The zero-order chi connectivity index (χ0) is 26.8. The van der Waals surface area contributed by atoms with Crippen molar-refractivity contribution in [2.75, 3.05) is 6.54 Å². The summed E-state index contributed by atoms with van der Waals surface area (Å²) in [6, 6.07) is 0. The second-order valence-electron chi connectivity index (χ2n) is 14.7. The van der Waals surface area contributed by atoms with Crippen LogP contribution in [0.2, 0.25) is 0 Å². The Morgan fingerprint density at radius 2 is 1.84 bits per heavy atom. The van der Waals surface area contributed by atoms with Gasteiger partial charge < -0.3 is 10.4 Å². The number of rotatable bonds is 11. The Bertz CT molecular complexity index is 804. The summed E-state index contributed by atoms with van der Waals surface area (Å²) in [4.78, 5) is 13.6. The topological polar surface area (TPSA) is 49.3 Å². The molecule has 1 amide bonds. The van der Waals surface area contributed by atoms with Crippen LogP contribution in [0.15, 0.2) is 11.6 Å². The maximum atomic E-state index is 13.6. The summed E-state index contributed by atoms with van der Waals surface area (Å²) in [6.07, 6.45) is 18.9. The summed E-state index contributed by atoms with van der Waals surface area (Å²) < 4.78 is 0. The number of carbonyl (C=O) groups excluding carboxylic acids is 1. The molecular formula is C34H59NO2. The van der Waals surface area contributed by atoms with Crippen LogP contribution in [0.3, 0.4) is 0 Å². The summed E-state index contributed by atoms with van der Waals surface area (Å²) in [6.45, 7) is 15.3. The number of allylic oxidation sites excluding steroid dienone is 1. The van der Waals surface area contributed by atoms with Crippen LogP contribution in [-0.4, -0.2) is 23.7 Å². The first-order chi connectivity index (χ1) is 17.6. The van der Waals surface area contributed by atoms with Crippen LogP contribution in [0.1, 0.15) is 131 Å². The molecule has 212 valence electrons. The number of hydrogen-bond acceptors (Lipinski definition) is 2. The fourth-order valence-corrected chi connectivity index (χ4v) is 10.0. The first-order valence-corrected chi connectivity index (χ1v) is 16.3. The molecule has 0 aromatic heterocycles. The van der Waals surface area contributed by atoms with E-state index in [9.17, 15) is 9.90 Å². The number of hydrogen-bond donors (Lipinski definition) is 2. The Labute approximate surface area is 229 Å². The Morgan fingerprint density at radius 3 is 2.57 bits per heavy atom. The smallest absolute Gasteiger partial charge is 0.224 e. The van der Waals surface area contributed by atoms with E-state index in [2.05, 4.69) is 52.9 Å². The molecule has 0 aromatic rings. The molecule has 37 heavy (non-hydrogen) atoms. The van der Waals surface area contributed by atoms with Gasteiger partial charge in [-0.25, -0.2) is 0 Å². The Kier molecular flexibility index (Phi) is 9.56. The van der Waals surface area contributed by atoms with E-state index in [4.69, 9.17) is 0 Å². The number of carbonyl (C=O) groups is 1. The maximum absolute atomic E-state index is 13.6. The van der Waals surface area contributed by atoms with Gasteiger partial charge >= 0.3 is 0 Å². The van der Waals surface area contributed by atoms with Crippen molar-refractivity contribution < 1.29 is 9.90 Å². The molecule has 0 radical (unpaired) electrons. The third-order valence-electron chi connectivity index (χ3n) is 12.1. The van der Waals surface area contributed by atoms with Gasteiger partial charge in [0.05, 0.1) is 6.10 Å². The Balaban J connectivity index is 1.49. The van der Waals surface area contributed by atoms with Crippen molar-refractivity contribution in [3.05, 3.63) is 11.6 Å². The van der Waals surface area contributed by atoms with Crippen LogP contribution < -0.4 is 5.32 Å². The number of fused-ring (bicyclic) bond motifs is 5. The predicted octanol–water partition coefficient (Wildman–Crippen LogP) is 8.31. The normalized spacial score (nSPS) is 39.9. The van der Waals surface area contributed by atoms with Gasteiger partial charge in [-0.1, -0.05) is 91.7 Å². The van der Waals surface area contributed by atoms with Gasteiger partial charge in [-0.2, -0.15) is 0 Å². The minimum atomic E-state index is -0.372. The molecule has 1 unspecified atom stereocenters. The summed E-state index contributed by atoms with van der Waals surface area (Å²) in [5.41, 5.74) is 1.78. The van der Waals surface area contributed by atoms with Gasteiger partial charge in [0.15, 0.2) is 0 Å². The molecule has 0 aliphatic heterocycles. The lowest BCUT2D eigenvalue weighted by molar-refractivity contribution is -0.138. The number of unbranched alkanes of at least 4 members (excludes halogenated alkanes) is 3. The van der Waals surface area contributed by atoms with Gasteiger partial charge in [-0.3, -0.25) is 4.79 Å². The molecule has 4 rings (SSSR count). The largest absolute Gasteiger partial charge is 0.393 e. The number of amides is 1. The van der Waals surface area contributed by atoms with Gasteiger partial charge in [-0.15, -0.1) is 0 Å². The molecule has 0 spiro atoms. The number of aliphatic hydroxyl groups excluding tert-OH is 1. The van der Waals surface area contributed by atoms with Gasteiger partial charge in [0.25, 0.3) is 0 Å². The zero-order valence-corrected chi connectivity index (χ0v) is 25.2. The van der Waals surface area contributed by atoms with Gasteiger partial charge in [0.1, 0.15) is 0 Å². The van der Waals surface area contributed by atoms with E-state index in [0.717, 1.165) is 43.1 Å². The van der Waals surface area contributed by atoms with E-state index >= 15 is 0 Å². The average Bonchev–Trinajstić information content (AvgIpc) is 3.21. The van der Waals surface area contributed by atoms with Crippen molar-refractivity contribution in [3.8, 4) is 0 Å². The zero-order valence-electron chi connectivity index (χ0n) is 25.2. The number of nitrogens with one attached hydrogen (secondary N) is 1. The quantitative estimate of drug-likeness (QED) is 0.215. The molecule has 0 bridgehead atoms. The lowest BCUT2D eigenvalue weighted by Crippen LogP contribution is -2.56. The van der Waals surface area contributed by atoms with E-state index in [-0.39, 0.29) is 23.3 Å². The summed E-state index contributed by atoms with van der Waals surface area (Å²) in [5.74, 6) is 4.71. The van der Waals surface area contributed by atoms with Crippen molar-refractivity contribution in [2.24, 2.45) is 52.3 Å². The lowest BCUT2D eigenvalue weighted by Gasteiger charge is -2.60. The first-order valence-electron chi connectivity index (χ1n) is 16.3. The van der Waals surface area contributed by atoms with Crippen LogP contribution in [0.4, 0.5) is 0 Å². The highest BCUT2D eigenvalue weighted by molar-refractivity contribution is 5.80. The van der Waals surface area contributed by atoms with Crippen molar-refractivity contribution >= 4 is 5.91 Å². The van der Waals surface area contributed by atoms with E-state index in [1.165, 1.54) is 76.2 Å². The van der Waals surface area contributed by atoms with Crippen LogP contribution in [0.5, 0.6) is 0 Å². The maximum Gasteiger partial charge on any atom is 0.224 e. The molecule has 0 heterocycles. The third-order valence-corrected chi connectivity index (χ3v) is 12.1. The predicted molar refractivity (Wildman–Crippen MR) is 155 cm³/mol. The van der Waals surface area contributed by atoms with Crippen molar-refractivity contribution in [1.29, 1.82) is 0 Å². The molecular weight excluding hydrogens is 454 g/mol. The second kappa shape index (κ2) is 12.1. The first kappa shape index (κ1) is 29.2. The average molecular weight is 514 g/mol. The molecule has 0 saturated heterocycles. The van der Waals surface area contributed by atoms with Crippen molar-refractivity contribution in [3.63, 3.8) is 0 Å². The van der Waals surface area contributed by atoms with E-state index in [0.29, 0.717) is 23.7 Å². The monoisotopic (exact) mass is 513 g/mol. The van der Waals surface area contributed by atoms with Gasteiger partial charge in [0.2, 0.25) is 5.91 Å². The standard InChI is InChI=1S/C34H59NO2/c1-7-8-9-10-20-35-32(37)31-22-26(36)21-25-14-15-27-29-17-16-28(24(4)13-11-12-23(2)3)33(29,5)19-18-30(27)34(25,31)6/h14,23-24,26-31,36H,7-13,15-22H2,1-6H3,(H,35,37)/t24-,26-,27+,28-,29+,30+,31?,33-,34+/m1/s1. The van der Waals surface area contributed by atoms with E-state index in [1.54, 1.807) is 0 Å². The fraction of sp³-hybridized carbons (Fsp3) is 0.912. The van der Waals surface area contributed by atoms with Crippen molar-refractivity contribution in [1.82, 2.24) is 5.32 Å². The van der Waals surface area contributed by atoms with Crippen LogP contribution >= 0.6 is 0 Å². The summed E-state index contributed by atoms with van der Waals surface area (Å²) in [7, 11) is 0. The molecule has 4 aliphatic rings. The van der Waals surface area contributed by atoms with E-state index < -0.39 is 0 Å². The highest BCUT2D eigenvalue weighted by Crippen LogP contribution is 2.68. The Morgan fingerprint density at radius 1 is 1.05 bits per heavy atom. The molecule has 3 fully saturated rings. The molecule has 9 atom stereocenters. The molecule has 3 saturated carbocycles. The Hall–Kier alpha value is -0.830. The second-order valence-corrected chi connectivity index (χ2v) is 14.7. The third kappa shape index (κ3) is 5.73. The fourth-order valence-electron chi connectivity index (χ4n) is 10.0. The SMILES string of the molecule is CCCCCCNC(=O)C1C[C@H](O)CC2=CC[C@H]3[C@@H]4CC[C@H]([C@H](C)CCCC(C)C)[C@@]4(C)CC[C@@H]3[C@]21C. The lowest BCUT2D eigenvalue weighted by atomic mass is 9.44. The molecule has 0 aromatic carbocycles. The highest BCUT2D eigenvalue weighted by atomic mass is 16.3. The highest BCUT2D eigenvalue weighted by Gasteiger charge is 2.61. The van der Waals surface area contributed by atoms with Gasteiger partial charge in [-0.05, 0) is 92.3 Å². The van der Waals surface area contributed by atoms with Gasteiger partial charge in [0, 0.05) is 17.9 Å². The number of aliphatic hydroxyl groups is 1. The minimum Gasteiger partial charge on any atom is -0.393 e. The molecule has 3 heteroatoms. The summed E-state index contributed by atoms with van der Waals surface area (Å²) in [5, 5.41) is 14.1. The van der Waals surface area contributed by atoms with Crippen LogP contribution in [0.25, 0.3) is 0 Å². The minimum absolute atomic E-state index is 0.0852. The summed E-state index contributed by atoms with van der Waals surface area (Å²) >= 11 is 0. The molecule has 3 nitrogen and oxygen atoms in total. The van der Waals surface area contributed by atoms with Crippen LogP contribution in [0, 0.1) is 52.3 Å². The van der Waals surface area contributed by atoms with Crippen LogP contribution in [-0.2, 0) is 4.79 Å². The van der Waals surface area contributed by atoms with E-state index in [1.807, 2.05) is 0 Å². The van der Waals surface area contributed by atoms with Crippen molar-refractivity contribution in [2.45, 2.75) is 138 Å².